The fourth-order valence-corrected chi connectivity index (χ4v) is 3.99. The van der Waals surface area contributed by atoms with Crippen molar-refractivity contribution in [2.24, 2.45) is 22.4 Å². The molecule has 0 aliphatic carbocycles. The summed E-state index contributed by atoms with van der Waals surface area (Å²) in [7, 11) is 0. The highest BCUT2D eigenvalue weighted by Crippen LogP contribution is 2.25. The molecule has 0 spiro atoms. The minimum Gasteiger partial charge on any atom is -0.370 e. The second-order valence-electron chi connectivity index (χ2n) is 7.95. The molecule has 1 aliphatic heterocycles. The Morgan fingerprint density at radius 1 is 1.09 bits per heavy atom. The van der Waals surface area contributed by atoms with E-state index in [1.807, 2.05) is 54.6 Å². The molecule has 174 valence electrons. The maximum atomic E-state index is 13.1. The van der Waals surface area contributed by atoms with E-state index in [1.165, 1.54) is 0 Å². The number of carbonyl (C=O) groups is 3. The van der Waals surface area contributed by atoms with Crippen molar-refractivity contribution in [3.05, 3.63) is 70.7 Å². The monoisotopic (exact) mass is 450 g/mol. The molecule has 2 aromatic rings. The number of nitrogens with zero attached hydrogens (tertiary/aromatic N) is 1. The molecule has 2 amide bonds. The molecule has 1 heterocycles. The molecule has 8 heteroatoms. The highest BCUT2D eigenvalue weighted by atomic mass is 16.5. The first-order valence-corrected chi connectivity index (χ1v) is 11.1. The van der Waals surface area contributed by atoms with Crippen LogP contribution < -0.4 is 27.4 Å². The van der Waals surface area contributed by atoms with E-state index in [4.69, 9.17) is 16.2 Å². The Hall–Kier alpha value is -3.36. The van der Waals surface area contributed by atoms with Crippen LogP contribution in [0, 0.1) is 5.92 Å². The van der Waals surface area contributed by atoms with E-state index in [0.29, 0.717) is 29.2 Å². The first kappa shape index (κ1) is 24.3. The van der Waals surface area contributed by atoms with Crippen molar-refractivity contribution in [1.29, 1.82) is 0 Å². The molecule has 33 heavy (non-hydrogen) atoms. The average Bonchev–Trinajstić information content (AvgIpc) is 2.98. The van der Waals surface area contributed by atoms with Gasteiger partial charge in [-0.1, -0.05) is 48.5 Å². The average molecular weight is 451 g/mol. The van der Waals surface area contributed by atoms with E-state index in [0.717, 1.165) is 5.56 Å². The number of benzene rings is 2. The van der Waals surface area contributed by atoms with Crippen LogP contribution in [0.5, 0.6) is 0 Å². The van der Waals surface area contributed by atoms with Crippen LogP contribution in [0.15, 0.2) is 59.6 Å². The SMILES string of the molecule is NCCNC(=O)[C@@H](CC(CC(N)=O)C1=c2ccccc2=NCCC1=O)OCc1ccccc1. The molecule has 0 aromatic heterocycles. The third-order valence-electron chi connectivity index (χ3n) is 5.50. The fourth-order valence-electron chi connectivity index (χ4n) is 3.99. The summed E-state index contributed by atoms with van der Waals surface area (Å²) in [6, 6.07) is 16.8. The number of rotatable bonds is 11. The normalized spacial score (nSPS) is 15.1. The molecule has 5 N–H and O–H groups in total. The number of ether oxygens (including phenoxy) is 1. The minimum atomic E-state index is -0.895. The molecule has 0 saturated carbocycles. The van der Waals surface area contributed by atoms with Crippen LogP contribution in [-0.4, -0.2) is 43.3 Å². The van der Waals surface area contributed by atoms with Crippen LogP contribution in [0.1, 0.15) is 24.8 Å². The molecule has 2 aromatic carbocycles. The lowest BCUT2D eigenvalue weighted by Gasteiger charge is -2.24. The van der Waals surface area contributed by atoms with Gasteiger partial charge in [0.15, 0.2) is 5.78 Å². The highest BCUT2D eigenvalue weighted by molar-refractivity contribution is 6.16. The number of para-hydroxylation sites is 1. The van der Waals surface area contributed by atoms with Crippen molar-refractivity contribution in [2.45, 2.75) is 32.0 Å². The van der Waals surface area contributed by atoms with Crippen LogP contribution in [0.25, 0.3) is 5.57 Å². The van der Waals surface area contributed by atoms with Crippen LogP contribution in [0.3, 0.4) is 0 Å². The number of hydrogen-bond acceptors (Lipinski definition) is 6. The summed E-state index contributed by atoms with van der Waals surface area (Å²) in [5.74, 6) is -1.58. The Bertz CT molecular complexity index is 1100. The van der Waals surface area contributed by atoms with E-state index in [-0.39, 0.29) is 44.1 Å². The van der Waals surface area contributed by atoms with Gasteiger partial charge in [-0.05, 0) is 24.0 Å². The van der Waals surface area contributed by atoms with Gasteiger partial charge in [-0.15, -0.1) is 0 Å². The number of Topliss-reactive ketones (excluding diaryl/α,β-unsaturated/α-hetero) is 1. The molecule has 3 rings (SSSR count). The van der Waals surface area contributed by atoms with Gasteiger partial charge in [0, 0.05) is 43.3 Å². The topological polar surface area (TPSA) is 137 Å². The van der Waals surface area contributed by atoms with Gasteiger partial charge >= 0.3 is 0 Å². The highest BCUT2D eigenvalue weighted by Gasteiger charge is 2.31. The second kappa shape index (κ2) is 12.0. The molecule has 1 aliphatic rings. The Kier molecular flexibility index (Phi) is 8.86. The predicted molar refractivity (Wildman–Crippen MR) is 124 cm³/mol. The lowest BCUT2D eigenvalue weighted by Crippen LogP contribution is -2.41. The van der Waals surface area contributed by atoms with Crippen molar-refractivity contribution in [1.82, 2.24) is 5.32 Å². The molecule has 2 atom stereocenters. The van der Waals surface area contributed by atoms with Crippen LogP contribution in [-0.2, 0) is 25.7 Å². The maximum Gasteiger partial charge on any atom is 0.249 e. The quantitative estimate of drug-likeness (QED) is 0.442. The molecule has 0 bridgehead atoms. The molecule has 1 unspecified atom stereocenters. The molecular formula is C25H30N4O4. The smallest absolute Gasteiger partial charge is 0.249 e. The Morgan fingerprint density at radius 3 is 2.55 bits per heavy atom. The van der Waals surface area contributed by atoms with Crippen LogP contribution >= 0.6 is 0 Å². The zero-order valence-electron chi connectivity index (χ0n) is 18.5. The summed E-state index contributed by atoms with van der Waals surface area (Å²) in [5.41, 5.74) is 12.5. The second-order valence-corrected chi connectivity index (χ2v) is 7.95. The first-order valence-electron chi connectivity index (χ1n) is 11.1. The van der Waals surface area contributed by atoms with Gasteiger partial charge in [0.2, 0.25) is 11.8 Å². The number of carbonyl (C=O) groups excluding carboxylic acids is 3. The third kappa shape index (κ3) is 6.81. The van der Waals surface area contributed by atoms with Crippen LogP contribution in [0.4, 0.5) is 0 Å². The first-order chi connectivity index (χ1) is 16.0. The summed E-state index contributed by atoms with van der Waals surface area (Å²) in [5, 5.41) is 4.13. The summed E-state index contributed by atoms with van der Waals surface area (Å²) in [4.78, 5) is 42.5. The van der Waals surface area contributed by atoms with Gasteiger partial charge in [-0.2, -0.15) is 0 Å². The number of primary amides is 1. The number of nitrogens with two attached hydrogens (primary N) is 2. The Balaban J connectivity index is 1.97. The van der Waals surface area contributed by atoms with Crippen LogP contribution in [0.2, 0.25) is 0 Å². The largest absolute Gasteiger partial charge is 0.370 e. The van der Waals surface area contributed by atoms with Gasteiger partial charge in [0.1, 0.15) is 6.10 Å². The summed E-state index contributed by atoms with van der Waals surface area (Å²) in [6.07, 6.45) is -0.616. The molecular weight excluding hydrogens is 420 g/mol. The van der Waals surface area contributed by atoms with E-state index in [9.17, 15) is 14.4 Å². The van der Waals surface area contributed by atoms with Gasteiger partial charge in [-0.3, -0.25) is 19.4 Å². The minimum absolute atomic E-state index is 0.0786. The Labute approximate surface area is 192 Å². The number of fused-ring (bicyclic) bond motifs is 1. The lowest BCUT2D eigenvalue weighted by molar-refractivity contribution is -0.135. The number of nitrogens with one attached hydrogen (secondary N) is 1. The number of amides is 2. The Morgan fingerprint density at radius 2 is 1.82 bits per heavy atom. The van der Waals surface area contributed by atoms with Gasteiger partial charge in [0.25, 0.3) is 0 Å². The van der Waals surface area contributed by atoms with Crippen molar-refractivity contribution in [3.8, 4) is 0 Å². The summed E-state index contributed by atoms with van der Waals surface area (Å²) >= 11 is 0. The fraction of sp³-hybridized carbons (Fsp3) is 0.360. The van der Waals surface area contributed by atoms with E-state index in [2.05, 4.69) is 10.3 Å². The van der Waals surface area contributed by atoms with E-state index < -0.39 is 17.9 Å². The zero-order valence-corrected chi connectivity index (χ0v) is 18.5. The van der Waals surface area contributed by atoms with E-state index in [1.54, 1.807) is 0 Å². The summed E-state index contributed by atoms with van der Waals surface area (Å²) < 4.78 is 5.99. The van der Waals surface area contributed by atoms with Crippen molar-refractivity contribution in [3.63, 3.8) is 0 Å². The van der Waals surface area contributed by atoms with Crippen molar-refractivity contribution >= 4 is 23.2 Å². The molecule has 0 radical (unpaired) electrons. The van der Waals surface area contributed by atoms with Gasteiger partial charge < -0.3 is 21.5 Å². The maximum absolute atomic E-state index is 13.1. The van der Waals surface area contributed by atoms with Crippen molar-refractivity contribution < 1.29 is 19.1 Å². The van der Waals surface area contributed by atoms with Gasteiger partial charge in [0.05, 0.1) is 12.0 Å². The van der Waals surface area contributed by atoms with Crippen molar-refractivity contribution in [2.75, 3.05) is 19.6 Å². The molecule has 0 fully saturated rings. The molecule has 0 saturated heterocycles. The standard InChI is InChI=1S/C25H30N4O4/c26-11-13-29-25(32)22(33-16-17-6-2-1-3-7-17)14-18(15-23(27)31)24-19-8-4-5-9-20(19)28-12-10-21(24)30/h1-9,18,22H,10-16,26H2,(H2,27,31)(H,29,32)/t18?,22-/m1/s1. The molecule has 8 nitrogen and oxygen atoms in total. The lowest BCUT2D eigenvalue weighted by atomic mass is 9.84. The third-order valence-corrected chi connectivity index (χ3v) is 5.50. The zero-order chi connectivity index (χ0) is 23.6. The number of ketones is 1. The summed E-state index contributed by atoms with van der Waals surface area (Å²) in [6.45, 7) is 1.15. The number of hydrogen-bond donors (Lipinski definition) is 3. The van der Waals surface area contributed by atoms with Gasteiger partial charge in [-0.25, -0.2) is 0 Å². The predicted octanol–water partition coefficient (Wildman–Crippen LogP) is -0.0283. The van der Waals surface area contributed by atoms with E-state index >= 15 is 0 Å².